The maximum atomic E-state index is 12.6. The smallest absolute Gasteiger partial charge is 0.261 e. The number of halogens is 1. The number of rotatable bonds is 7. The fraction of sp³-hybridized carbons (Fsp3) is 0.316. The number of nitrogens with one attached hydrogen (secondary N) is 1. The van der Waals surface area contributed by atoms with Crippen LogP contribution in [0.1, 0.15) is 18.0 Å². The summed E-state index contributed by atoms with van der Waals surface area (Å²) in [7, 11) is 3.99. The molecule has 6 nitrogen and oxygen atoms in total. The average molecular weight is 449 g/mol. The fourth-order valence-electron chi connectivity index (χ4n) is 2.87. The van der Waals surface area contributed by atoms with E-state index >= 15 is 0 Å². The molecular formula is C19H21BrN4O2S. The maximum Gasteiger partial charge on any atom is 0.261 e. The minimum Gasteiger partial charge on any atom is -0.354 e. The Morgan fingerprint density at radius 3 is 2.89 bits per heavy atom. The lowest BCUT2D eigenvalue weighted by atomic mass is 10.1. The number of aromatic nitrogens is 2. The lowest BCUT2D eigenvalue weighted by molar-refractivity contribution is -0.121. The summed E-state index contributed by atoms with van der Waals surface area (Å²) >= 11 is 5.01. The first-order valence-electron chi connectivity index (χ1n) is 8.55. The van der Waals surface area contributed by atoms with Gasteiger partial charge in [0.05, 0.1) is 23.3 Å². The van der Waals surface area contributed by atoms with E-state index in [1.54, 1.807) is 23.5 Å². The first kappa shape index (κ1) is 19.7. The zero-order valence-electron chi connectivity index (χ0n) is 15.2. The number of nitrogens with zero attached hydrogens (tertiary/aromatic N) is 3. The van der Waals surface area contributed by atoms with E-state index in [0.717, 1.165) is 4.47 Å². The van der Waals surface area contributed by atoms with E-state index in [-0.39, 0.29) is 23.9 Å². The van der Waals surface area contributed by atoms with Crippen molar-refractivity contribution < 1.29 is 4.79 Å². The van der Waals surface area contributed by atoms with Gasteiger partial charge < -0.3 is 10.2 Å². The summed E-state index contributed by atoms with van der Waals surface area (Å²) in [4.78, 5) is 31.2. The van der Waals surface area contributed by atoms with Crippen LogP contribution in [0.15, 0.2) is 50.6 Å². The Kier molecular flexibility index (Phi) is 6.41. The molecular weight excluding hydrogens is 428 g/mol. The molecule has 27 heavy (non-hydrogen) atoms. The number of benzene rings is 1. The van der Waals surface area contributed by atoms with Crippen molar-refractivity contribution in [2.75, 3.05) is 20.6 Å². The van der Waals surface area contributed by atoms with E-state index in [9.17, 15) is 9.59 Å². The Labute approximate surface area is 170 Å². The molecule has 3 aromatic rings. The first-order chi connectivity index (χ1) is 13.0. The molecule has 1 amide bonds. The van der Waals surface area contributed by atoms with Crippen molar-refractivity contribution in [2.45, 2.75) is 19.0 Å². The number of carbonyl (C=O) groups excluding carboxylic acids is 1. The zero-order chi connectivity index (χ0) is 19.4. The van der Waals surface area contributed by atoms with E-state index < -0.39 is 0 Å². The van der Waals surface area contributed by atoms with Gasteiger partial charge in [0, 0.05) is 24.0 Å². The molecule has 0 aliphatic rings. The molecule has 0 saturated carbocycles. The van der Waals surface area contributed by atoms with Crippen molar-refractivity contribution in [2.24, 2.45) is 0 Å². The Morgan fingerprint density at radius 1 is 1.37 bits per heavy atom. The second-order valence-corrected chi connectivity index (χ2v) is 8.19. The van der Waals surface area contributed by atoms with Crippen molar-refractivity contribution in [3.05, 3.63) is 61.7 Å². The molecule has 2 heterocycles. The van der Waals surface area contributed by atoms with Gasteiger partial charge in [-0.2, -0.15) is 11.3 Å². The third-order valence-electron chi connectivity index (χ3n) is 4.41. The monoisotopic (exact) mass is 448 g/mol. The summed E-state index contributed by atoms with van der Waals surface area (Å²) in [5, 5.41) is 7.63. The number of thiophene rings is 1. The highest BCUT2D eigenvalue weighted by Gasteiger charge is 2.15. The largest absolute Gasteiger partial charge is 0.354 e. The highest BCUT2D eigenvalue weighted by Crippen LogP contribution is 2.20. The van der Waals surface area contributed by atoms with Gasteiger partial charge in [-0.15, -0.1) is 0 Å². The lowest BCUT2D eigenvalue weighted by Crippen LogP contribution is -2.35. The topological polar surface area (TPSA) is 67.2 Å². The molecule has 3 rings (SSSR count). The van der Waals surface area contributed by atoms with E-state index in [1.807, 2.05) is 25.5 Å². The first-order valence-corrected chi connectivity index (χ1v) is 10.3. The van der Waals surface area contributed by atoms with Crippen LogP contribution in [0.3, 0.4) is 0 Å². The molecule has 1 atom stereocenters. The van der Waals surface area contributed by atoms with E-state index in [4.69, 9.17) is 0 Å². The third kappa shape index (κ3) is 4.82. The van der Waals surface area contributed by atoms with Gasteiger partial charge in [0.1, 0.15) is 0 Å². The molecule has 8 heteroatoms. The van der Waals surface area contributed by atoms with Crippen molar-refractivity contribution in [1.29, 1.82) is 0 Å². The summed E-state index contributed by atoms with van der Waals surface area (Å²) in [6.45, 7) is 0.825. The molecule has 0 aliphatic carbocycles. The van der Waals surface area contributed by atoms with Crippen molar-refractivity contribution in [3.8, 4) is 0 Å². The predicted molar refractivity (Wildman–Crippen MR) is 112 cm³/mol. The molecule has 0 aliphatic heterocycles. The highest BCUT2D eigenvalue weighted by molar-refractivity contribution is 9.10. The van der Waals surface area contributed by atoms with Gasteiger partial charge in [-0.1, -0.05) is 15.9 Å². The summed E-state index contributed by atoms with van der Waals surface area (Å²) in [6.07, 6.45) is 1.73. The van der Waals surface area contributed by atoms with Gasteiger partial charge in [0.2, 0.25) is 5.91 Å². The van der Waals surface area contributed by atoms with Crippen LogP contribution in [0.5, 0.6) is 0 Å². The Morgan fingerprint density at radius 2 is 2.19 bits per heavy atom. The van der Waals surface area contributed by atoms with E-state index in [2.05, 4.69) is 42.6 Å². The van der Waals surface area contributed by atoms with Crippen LogP contribution in [-0.2, 0) is 11.3 Å². The molecule has 1 aromatic carbocycles. The molecule has 2 aromatic heterocycles. The van der Waals surface area contributed by atoms with Crippen LogP contribution in [0.4, 0.5) is 0 Å². The third-order valence-corrected chi connectivity index (χ3v) is 5.60. The van der Waals surface area contributed by atoms with Gasteiger partial charge in [-0.3, -0.25) is 14.2 Å². The zero-order valence-corrected chi connectivity index (χ0v) is 17.6. The summed E-state index contributed by atoms with van der Waals surface area (Å²) in [5.41, 5.74) is 1.69. The van der Waals surface area contributed by atoms with Gasteiger partial charge in [0.25, 0.3) is 5.56 Å². The SMILES string of the molecule is CN(C)[C@H](CNC(=O)CCn1cnc2ccc(Br)cc2c1=O)c1ccsc1. The number of likely N-dealkylation sites (N-methyl/N-ethyl adjacent to an activating group) is 1. The van der Waals surface area contributed by atoms with Crippen LogP contribution in [0.2, 0.25) is 0 Å². The second kappa shape index (κ2) is 8.77. The lowest BCUT2D eigenvalue weighted by Gasteiger charge is -2.24. The van der Waals surface area contributed by atoms with Gasteiger partial charge >= 0.3 is 0 Å². The number of aryl methyl sites for hydroxylation is 1. The molecule has 0 saturated heterocycles. The van der Waals surface area contributed by atoms with Crippen LogP contribution in [-0.4, -0.2) is 41.0 Å². The second-order valence-electron chi connectivity index (χ2n) is 6.49. The Hall–Kier alpha value is -2.03. The maximum absolute atomic E-state index is 12.6. The van der Waals surface area contributed by atoms with Crippen molar-refractivity contribution >= 4 is 44.1 Å². The number of hydrogen-bond donors (Lipinski definition) is 1. The molecule has 0 radical (unpaired) electrons. The molecule has 142 valence electrons. The molecule has 0 unspecified atom stereocenters. The average Bonchev–Trinajstić information content (AvgIpc) is 3.16. The quantitative estimate of drug-likeness (QED) is 0.602. The van der Waals surface area contributed by atoms with E-state index in [0.29, 0.717) is 24.0 Å². The van der Waals surface area contributed by atoms with Crippen LogP contribution in [0, 0.1) is 0 Å². The van der Waals surface area contributed by atoms with E-state index in [1.165, 1.54) is 16.5 Å². The van der Waals surface area contributed by atoms with Crippen molar-refractivity contribution in [3.63, 3.8) is 0 Å². The van der Waals surface area contributed by atoms with Gasteiger partial charge in [0.15, 0.2) is 0 Å². The summed E-state index contributed by atoms with van der Waals surface area (Å²) in [6, 6.07) is 7.59. The summed E-state index contributed by atoms with van der Waals surface area (Å²) in [5.74, 6) is -0.0849. The molecule has 0 spiro atoms. The minimum atomic E-state index is -0.140. The summed E-state index contributed by atoms with van der Waals surface area (Å²) < 4.78 is 2.31. The van der Waals surface area contributed by atoms with Crippen LogP contribution >= 0.6 is 27.3 Å². The number of fused-ring (bicyclic) bond motifs is 1. The number of amides is 1. The predicted octanol–water partition coefficient (Wildman–Crippen LogP) is 3.03. The fourth-order valence-corrected chi connectivity index (χ4v) is 3.94. The molecule has 0 bridgehead atoms. The van der Waals surface area contributed by atoms with Gasteiger partial charge in [-0.05, 0) is 54.7 Å². The standard InChI is InChI=1S/C19H21BrN4O2S/c1-23(2)17(13-6-8-27-11-13)10-21-18(25)5-7-24-12-22-16-4-3-14(20)9-15(16)19(24)26/h3-4,6,8-9,11-12,17H,5,7,10H2,1-2H3,(H,21,25)/t17-/m1/s1. The van der Waals surface area contributed by atoms with Crippen molar-refractivity contribution in [1.82, 2.24) is 19.8 Å². The number of carbonyl (C=O) groups is 1. The molecule has 0 fully saturated rings. The minimum absolute atomic E-state index is 0.0849. The Bertz CT molecular complexity index is 985. The van der Waals surface area contributed by atoms with Crippen LogP contribution in [0.25, 0.3) is 10.9 Å². The number of hydrogen-bond acceptors (Lipinski definition) is 5. The van der Waals surface area contributed by atoms with Gasteiger partial charge in [-0.25, -0.2) is 4.98 Å². The normalized spacial score (nSPS) is 12.4. The van der Waals surface area contributed by atoms with Crippen LogP contribution < -0.4 is 10.9 Å². The molecule has 1 N–H and O–H groups in total. The highest BCUT2D eigenvalue weighted by atomic mass is 79.9. The Balaban J connectivity index is 1.61.